The van der Waals surface area contributed by atoms with Crippen molar-refractivity contribution >= 4 is 12.0 Å². The Morgan fingerprint density at radius 3 is 2.55 bits per heavy atom. The Hall–Kier alpha value is -3.14. The maximum Gasteiger partial charge on any atom is 0.407 e. The average molecular weight is 462 g/mol. The summed E-state index contributed by atoms with van der Waals surface area (Å²) in [5, 5.41) is 7.15. The number of carbonyl (C=O) groups excluding carboxylic acids is 1. The number of aromatic nitrogens is 3. The molecule has 1 aliphatic rings. The van der Waals surface area contributed by atoms with Crippen LogP contribution in [0.5, 0.6) is 5.75 Å². The number of morpholine rings is 1. The van der Waals surface area contributed by atoms with Gasteiger partial charge in [0, 0.05) is 37.3 Å². The van der Waals surface area contributed by atoms with E-state index >= 15 is 0 Å². The molecule has 0 spiro atoms. The SMILES string of the molecule is CCn1nc(-c2ccc(OC/C(=C/F)CNC(=O)OC(C)(C)C)cc2)nc1N1CCOCC1. The summed E-state index contributed by atoms with van der Waals surface area (Å²) in [7, 11) is 0. The molecule has 1 saturated heterocycles. The highest BCUT2D eigenvalue weighted by Crippen LogP contribution is 2.23. The van der Waals surface area contributed by atoms with Crippen molar-refractivity contribution in [2.24, 2.45) is 0 Å². The molecule has 1 aliphatic heterocycles. The number of ether oxygens (including phenoxy) is 3. The summed E-state index contributed by atoms with van der Waals surface area (Å²) in [5.41, 5.74) is 0.521. The molecule has 0 atom stereocenters. The number of halogens is 1. The van der Waals surface area contributed by atoms with Crippen LogP contribution in [0.1, 0.15) is 27.7 Å². The Bertz CT molecular complexity index is 947. The first-order chi connectivity index (χ1) is 15.8. The fraction of sp³-hybridized carbons (Fsp3) is 0.522. The van der Waals surface area contributed by atoms with Gasteiger partial charge in [-0.2, -0.15) is 4.98 Å². The van der Waals surface area contributed by atoms with E-state index in [9.17, 15) is 9.18 Å². The van der Waals surface area contributed by atoms with E-state index in [1.165, 1.54) is 0 Å². The minimum absolute atomic E-state index is 0.00443. The molecular formula is C23H32FN5O4. The fourth-order valence-corrected chi connectivity index (χ4v) is 3.16. The lowest BCUT2D eigenvalue weighted by molar-refractivity contribution is 0.0531. The van der Waals surface area contributed by atoms with Gasteiger partial charge in [0.05, 0.1) is 19.5 Å². The Kier molecular flexibility index (Phi) is 8.26. The van der Waals surface area contributed by atoms with Crippen LogP contribution >= 0.6 is 0 Å². The van der Waals surface area contributed by atoms with Gasteiger partial charge in [0.25, 0.3) is 0 Å². The number of nitrogens with one attached hydrogen (secondary N) is 1. The van der Waals surface area contributed by atoms with Crippen molar-refractivity contribution in [2.45, 2.75) is 39.8 Å². The van der Waals surface area contributed by atoms with Crippen molar-refractivity contribution in [3.63, 3.8) is 0 Å². The molecule has 9 nitrogen and oxygen atoms in total. The number of nitrogens with zero attached hydrogens (tertiary/aromatic N) is 4. The van der Waals surface area contributed by atoms with Gasteiger partial charge in [0.15, 0.2) is 5.82 Å². The van der Waals surface area contributed by atoms with Crippen molar-refractivity contribution < 1.29 is 23.4 Å². The second kappa shape index (κ2) is 11.1. The fourth-order valence-electron chi connectivity index (χ4n) is 3.16. The van der Waals surface area contributed by atoms with Gasteiger partial charge in [0.1, 0.15) is 18.0 Å². The zero-order valence-electron chi connectivity index (χ0n) is 19.6. The second-order valence-corrected chi connectivity index (χ2v) is 8.59. The summed E-state index contributed by atoms with van der Waals surface area (Å²) < 4.78 is 31.3. The molecule has 2 heterocycles. The normalized spacial score (nSPS) is 14.8. The average Bonchev–Trinajstić information content (AvgIpc) is 3.23. The van der Waals surface area contributed by atoms with Gasteiger partial charge < -0.3 is 24.4 Å². The van der Waals surface area contributed by atoms with E-state index < -0.39 is 11.7 Å². The number of rotatable bonds is 8. The highest BCUT2D eigenvalue weighted by Gasteiger charge is 2.19. The number of hydrogen-bond donors (Lipinski definition) is 1. The molecule has 180 valence electrons. The molecule has 0 bridgehead atoms. The number of benzene rings is 1. The Labute approximate surface area is 193 Å². The summed E-state index contributed by atoms with van der Waals surface area (Å²) in [5.74, 6) is 2.04. The summed E-state index contributed by atoms with van der Waals surface area (Å²) in [4.78, 5) is 18.6. The molecule has 1 amide bonds. The minimum atomic E-state index is -0.618. The lowest BCUT2D eigenvalue weighted by Gasteiger charge is -2.27. The van der Waals surface area contributed by atoms with E-state index in [1.807, 2.05) is 23.7 Å². The highest BCUT2D eigenvalue weighted by molar-refractivity contribution is 5.68. The molecule has 1 fully saturated rings. The van der Waals surface area contributed by atoms with Crippen LogP contribution in [0.15, 0.2) is 36.2 Å². The largest absolute Gasteiger partial charge is 0.489 e. The van der Waals surface area contributed by atoms with E-state index in [0.717, 1.165) is 31.1 Å². The second-order valence-electron chi connectivity index (χ2n) is 8.59. The van der Waals surface area contributed by atoms with E-state index in [4.69, 9.17) is 19.2 Å². The number of hydrogen-bond acceptors (Lipinski definition) is 7. The van der Waals surface area contributed by atoms with Crippen LogP contribution in [0.25, 0.3) is 11.4 Å². The third-order valence-corrected chi connectivity index (χ3v) is 4.80. The van der Waals surface area contributed by atoms with Crippen LogP contribution in [-0.4, -0.2) is 65.9 Å². The van der Waals surface area contributed by atoms with Gasteiger partial charge in [-0.05, 0) is 52.0 Å². The van der Waals surface area contributed by atoms with Crippen molar-refractivity contribution in [1.29, 1.82) is 0 Å². The topological polar surface area (TPSA) is 90.7 Å². The number of aryl methyl sites for hydroxylation is 1. The van der Waals surface area contributed by atoms with E-state index in [1.54, 1.807) is 32.9 Å². The Morgan fingerprint density at radius 1 is 1.24 bits per heavy atom. The molecule has 0 radical (unpaired) electrons. The molecule has 0 aliphatic carbocycles. The van der Waals surface area contributed by atoms with E-state index in [2.05, 4.69) is 15.3 Å². The first-order valence-electron chi connectivity index (χ1n) is 11.0. The highest BCUT2D eigenvalue weighted by atomic mass is 19.1. The van der Waals surface area contributed by atoms with Gasteiger partial charge >= 0.3 is 6.09 Å². The Morgan fingerprint density at radius 2 is 1.94 bits per heavy atom. The molecule has 0 unspecified atom stereocenters. The van der Waals surface area contributed by atoms with Gasteiger partial charge in [-0.1, -0.05) is 0 Å². The summed E-state index contributed by atoms with van der Waals surface area (Å²) in [6.07, 6.45) is -0.179. The van der Waals surface area contributed by atoms with Crippen molar-refractivity contribution in [3.05, 3.63) is 36.2 Å². The van der Waals surface area contributed by atoms with Gasteiger partial charge in [-0.3, -0.25) is 0 Å². The number of amides is 1. The van der Waals surface area contributed by atoms with Crippen molar-refractivity contribution in [1.82, 2.24) is 20.1 Å². The van der Waals surface area contributed by atoms with Gasteiger partial charge in [0.2, 0.25) is 5.95 Å². The predicted octanol–water partition coefficient (Wildman–Crippen LogP) is 3.56. The van der Waals surface area contributed by atoms with Gasteiger partial charge in [-0.25, -0.2) is 13.9 Å². The first kappa shape index (κ1) is 24.5. The number of anilines is 1. The maximum atomic E-state index is 13.2. The smallest absolute Gasteiger partial charge is 0.407 e. The lowest BCUT2D eigenvalue weighted by Crippen LogP contribution is -2.38. The van der Waals surface area contributed by atoms with Gasteiger partial charge in [-0.15, -0.1) is 5.10 Å². The van der Waals surface area contributed by atoms with Crippen molar-refractivity contribution in [2.75, 3.05) is 44.4 Å². The summed E-state index contributed by atoms with van der Waals surface area (Å²) in [6.45, 7) is 11.0. The number of alkyl carbamates (subject to hydrolysis) is 1. The maximum absolute atomic E-state index is 13.2. The molecule has 33 heavy (non-hydrogen) atoms. The zero-order valence-corrected chi connectivity index (χ0v) is 19.6. The third-order valence-electron chi connectivity index (χ3n) is 4.80. The van der Waals surface area contributed by atoms with Crippen molar-refractivity contribution in [3.8, 4) is 17.1 Å². The number of carbonyl (C=O) groups is 1. The summed E-state index contributed by atoms with van der Waals surface area (Å²) in [6, 6.07) is 7.30. The van der Waals surface area contributed by atoms with Crippen LogP contribution in [0.3, 0.4) is 0 Å². The van der Waals surface area contributed by atoms with Crippen LogP contribution in [0.2, 0.25) is 0 Å². The molecule has 1 aromatic heterocycles. The molecule has 2 aromatic rings. The van der Waals surface area contributed by atoms with Crippen LogP contribution in [-0.2, 0) is 16.0 Å². The molecule has 0 saturated carbocycles. The minimum Gasteiger partial charge on any atom is -0.489 e. The zero-order chi connectivity index (χ0) is 23.8. The Balaban J connectivity index is 1.57. The standard InChI is InChI=1S/C23H32FN5O4/c1-5-29-21(28-10-12-31-13-11-28)26-20(27-29)18-6-8-19(9-7-18)32-16-17(14-24)15-25-22(30)33-23(2,3)4/h6-9,14H,5,10-13,15-16H2,1-4H3,(H,25,30)/b17-14+. The van der Waals surface area contributed by atoms with E-state index in [0.29, 0.717) is 31.1 Å². The first-order valence-corrected chi connectivity index (χ1v) is 11.0. The van der Waals surface area contributed by atoms with Crippen LogP contribution < -0.4 is 15.0 Å². The predicted molar refractivity (Wildman–Crippen MR) is 123 cm³/mol. The molecule has 1 N–H and O–H groups in total. The van der Waals surface area contributed by atoms with Crippen LogP contribution in [0, 0.1) is 0 Å². The summed E-state index contributed by atoms with van der Waals surface area (Å²) >= 11 is 0. The van der Waals surface area contributed by atoms with Crippen LogP contribution in [0.4, 0.5) is 15.1 Å². The molecule has 3 rings (SSSR count). The third kappa shape index (κ3) is 7.18. The molecule has 10 heteroatoms. The molecule has 1 aromatic carbocycles. The molecular weight excluding hydrogens is 429 g/mol. The van der Waals surface area contributed by atoms with E-state index in [-0.39, 0.29) is 18.7 Å². The lowest BCUT2D eigenvalue weighted by atomic mass is 10.2. The quantitative estimate of drug-likeness (QED) is 0.643. The monoisotopic (exact) mass is 461 g/mol.